The quantitative estimate of drug-likeness (QED) is 0.521. The Morgan fingerprint density at radius 2 is 1.85 bits per heavy atom. The first kappa shape index (κ1) is 19.2. The molecule has 0 saturated carbocycles. The summed E-state index contributed by atoms with van der Waals surface area (Å²) in [5.41, 5.74) is 2.98. The molecule has 0 bridgehead atoms. The van der Waals surface area contributed by atoms with Gasteiger partial charge in [0.2, 0.25) is 0 Å². The van der Waals surface area contributed by atoms with Crippen LogP contribution >= 0.6 is 11.6 Å². The molecular weight excluding hydrogens is 356 g/mol. The molecular formula is C23H25ClN2O. The van der Waals surface area contributed by atoms with Gasteiger partial charge in [-0.2, -0.15) is 0 Å². The molecule has 0 radical (unpaired) electrons. The van der Waals surface area contributed by atoms with Gasteiger partial charge in [-0.25, -0.2) is 0 Å². The highest BCUT2D eigenvalue weighted by molar-refractivity contribution is 6.30. The third kappa shape index (κ3) is 4.81. The number of amides is 1. The van der Waals surface area contributed by atoms with E-state index in [1.807, 2.05) is 59.5 Å². The largest absolute Gasteiger partial charge is 0.345 e. The molecule has 0 aliphatic heterocycles. The van der Waals surface area contributed by atoms with E-state index in [0.29, 0.717) is 6.54 Å². The van der Waals surface area contributed by atoms with E-state index in [0.717, 1.165) is 34.8 Å². The molecule has 3 nitrogen and oxygen atoms in total. The molecule has 4 heteroatoms. The molecule has 140 valence electrons. The fraction of sp³-hybridized carbons (Fsp3) is 0.261. The van der Waals surface area contributed by atoms with Gasteiger partial charge in [0.1, 0.15) is 0 Å². The zero-order chi connectivity index (χ0) is 19.2. The van der Waals surface area contributed by atoms with Gasteiger partial charge >= 0.3 is 0 Å². The summed E-state index contributed by atoms with van der Waals surface area (Å²) < 4.78 is 2.18. The molecule has 3 aromatic rings. The van der Waals surface area contributed by atoms with Gasteiger partial charge in [0.25, 0.3) is 5.91 Å². The van der Waals surface area contributed by atoms with E-state index in [1.165, 1.54) is 0 Å². The molecule has 0 fully saturated rings. The summed E-state index contributed by atoms with van der Waals surface area (Å²) in [4.78, 5) is 15.0. The highest BCUT2D eigenvalue weighted by Crippen LogP contribution is 2.18. The normalized spacial score (nSPS) is 12.0. The monoisotopic (exact) mass is 380 g/mol. The average Bonchev–Trinajstić information content (AvgIpc) is 3.12. The van der Waals surface area contributed by atoms with Gasteiger partial charge in [-0.1, -0.05) is 48.9 Å². The maximum absolute atomic E-state index is 13.1. The van der Waals surface area contributed by atoms with Gasteiger partial charge in [-0.05, 0) is 55.3 Å². The number of halogens is 1. The summed E-state index contributed by atoms with van der Waals surface area (Å²) in [5.74, 6) is 0.0699. The summed E-state index contributed by atoms with van der Waals surface area (Å²) in [6, 6.07) is 21.7. The van der Waals surface area contributed by atoms with Crippen molar-refractivity contribution < 1.29 is 4.79 Å². The lowest BCUT2D eigenvalue weighted by atomic mass is 10.1. The van der Waals surface area contributed by atoms with Crippen LogP contribution in [0.5, 0.6) is 0 Å². The Kier molecular flexibility index (Phi) is 6.36. The Morgan fingerprint density at radius 1 is 1.07 bits per heavy atom. The predicted molar refractivity (Wildman–Crippen MR) is 111 cm³/mol. The summed E-state index contributed by atoms with van der Waals surface area (Å²) >= 11 is 6.12. The Morgan fingerprint density at radius 3 is 2.56 bits per heavy atom. The Labute approximate surface area is 166 Å². The SMILES string of the molecule is CC[C@@H](C)N(Cc1cccn1Cc1cccc(Cl)c1)C(=O)c1ccccc1. The fourth-order valence-corrected chi connectivity index (χ4v) is 3.36. The van der Waals surface area contributed by atoms with Gasteiger partial charge < -0.3 is 9.47 Å². The van der Waals surface area contributed by atoms with E-state index in [1.54, 1.807) is 0 Å². The highest BCUT2D eigenvalue weighted by Gasteiger charge is 2.21. The molecule has 0 saturated heterocycles. The van der Waals surface area contributed by atoms with Crippen LogP contribution in [-0.4, -0.2) is 21.4 Å². The maximum Gasteiger partial charge on any atom is 0.254 e. The van der Waals surface area contributed by atoms with Gasteiger partial charge in [0, 0.05) is 35.1 Å². The number of hydrogen-bond donors (Lipinski definition) is 0. The molecule has 1 heterocycles. The number of benzene rings is 2. The standard InChI is InChI=1S/C23H25ClN2O/c1-3-18(2)26(23(27)20-10-5-4-6-11-20)17-22-13-8-14-25(22)16-19-9-7-12-21(24)15-19/h4-15,18H,3,16-17H2,1-2H3/t18-/m1/s1. The van der Waals surface area contributed by atoms with Crippen molar-refractivity contribution in [1.82, 2.24) is 9.47 Å². The number of nitrogens with zero attached hydrogens (tertiary/aromatic N) is 2. The van der Waals surface area contributed by atoms with Crippen LogP contribution < -0.4 is 0 Å². The second kappa shape index (κ2) is 8.92. The van der Waals surface area contributed by atoms with Crippen molar-refractivity contribution in [2.75, 3.05) is 0 Å². The van der Waals surface area contributed by atoms with E-state index in [2.05, 4.69) is 36.7 Å². The molecule has 0 N–H and O–H groups in total. The van der Waals surface area contributed by atoms with E-state index < -0.39 is 0 Å². The molecule has 1 atom stereocenters. The van der Waals surface area contributed by atoms with Crippen molar-refractivity contribution in [1.29, 1.82) is 0 Å². The maximum atomic E-state index is 13.1. The predicted octanol–water partition coefficient (Wildman–Crippen LogP) is 5.63. The molecule has 0 aliphatic rings. The molecule has 1 aromatic heterocycles. The zero-order valence-electron chi connectivity index (χ0n) is 15.8. The first-order chi connectivity index (χ1) is 13.1. The number of hydrogen-bond acceptors (Lipinski definition) is 1. The topological polar surface area (TPSA) is 25.2 Å². The van der Waals surface area contributed by atoms with Crippen molar-refractivity contribution in [3.63, 3.8) is 0 Å². The Balaban J connectivity index is 1.83. The van der Waals surface area contributed by atoms with Crippen molar-refractivity contribution >= 4 is 17.5 Å². The molecule has 0 spiro atoms. The third-order valence-corrected chi connectivity index (χ3v) is 5.14. The molecule has 2 aromatic carbocycles. The van der Waals surface area contributed by atoms with Gasteiger partial charge in [-0.3, -0.25) is 4.79 Å². The van der Waals surface area contributed by atoms with Crippen molar-refractivity contribution in [2.45, 2.75) is 39.4 Å². The molecule has 27 heavy (non-hydrogen) atoms. The van der Waals surface area contributed by atoms with E-state index in [4.69, 9.17) is 11.6 Å². The Hall–Kier alpha value is -2.52. The molecule has 1 amide bonds. The van der Waals surface area contributed by atoms with Crippen molar-refractivity contribution in [3.05, 3.63) is 94.8 Å². The summed E-state index contributed by atoms with van der Waals surface area (Å²) in [7, 11) is 0. The van der Waals surface area contributed by atoms with E-state index in [-0.39, 0.29) is 11.9 Å². The minimum Gasteiger partial charge on any atom is -0.345 e. The van der Waals surface area contributed by atoms with Gasteiger partial charge in [0.05, 0.1) is 6.54 Å². The second-order valence-electron chi connectivity index (χ2n) is 6.81. The van der Waals surface area contributed by atoms with Crippen LogP contribution in [0.25, 0.3) is 0 Å². The number of aromatic nitrogens is 1. The van der Waals surface area contributed by atoms with Crippen LogP contribution in [0.15, 0.2) is 72.9 Å². The highest BCUT2D eigenvalue weighted by atomic mass is 35.5. The third-order valence-electron chi connectivity index (χ3n) is 4.90. The van der Waals surface area contributed by atoms with Crippen LogP contribution in [0.4, 0.5) is 0 Å². The summed E-state index contributed by atoms with van der Waals surface area (Å²) in [6.07, 6.45) is 2.96. The fourth-order valence-electron chi connectivity index (χ4n) is 3.15. The van der Waals surface area contributed by atoms with Crippen LogP contribution in [0, 0.1) is 0 Å². The lowest BCUT2D eigenvalue weighted by Gasteiger charge is -2.29. The number of rotatable bonds is 7. The van der Waals surface area contributed by atoms with Crippen LogP contribution in [-0.2, 0) is 13.1 Å². The first-order valence-corrected chi connectivity index (χ1v) is 9.70. The average molecular weight is 381 g/mol. The lowest BCUT2D eigenvalue weighted by Crippen LogP contribution is -2.38. The lowest BCUT2D eigenvalue weighted by molar-refractivity contribution is 0.0667. The smallest absolute Gasteiger partial charge is 0.254 e. The molecule has 0 aliphatic carbocycles. The minimum absolute atomic E-state index is 0.0699. The summed E-state index contributed by atoms with van der Waals surface area (Å²) in [5, 5.41) is 0.738. The van der Waals surface area contributed by atoms with Gasteiger partial charge in [-0.15, -0.1) is 0 Å². The number of carbonyl (C=O) groups excluding carboxylic acids is 1. The van der Waals surface area contributed by atoms with Crippen LogP contribution in [0.2, 0.25) is 5.02 Å². The second-order valence-corrected chi connectivity index (χ2v) is 7.25. The Bertz CT molecular complexity index is 888. The van der Waals surface area contributed by atoms with Crippen LogP contribution in [0.1, 0.15) is 41.9 Å². The first-order valence-electron chi connectivity index (χ1n) is 9.33. The zero-order valence-corrected chi connectivity index (χ0v) is 16.6. The van der Waals surface area contributed by atoms with Gasteiger partial charge in [0.15, 0.2) is 0 Å². The number of carbonyl (C=O) groups is 1. The molecule has 3 rings (SSSR count). The van der Waals surface area contributed by atoms with Crippen LogP contribution in [0.3, 0.4) is 0 Å². The summed E-state index contributed by atoms with van der Waals surface area (Å²) in [6.45, 7) is 5.53. The van der Waals surface area contributed by atoms with E-state index in [9.17, 15) is 4.79 Å². The van der Waals surface area contributed by atoms with E-state index >= 15 is 0 Å². The van der Waals surface area contributed by atoms with Crippen molar-refractivity contribution in [2.24, 2.45) is 0 Å². The minimum atomic E-state index is 0.0699. The van der Waals surface area contributed by atoms with Crippen molar-refractivity contribution in [3.8, 4) is 0 Å². The molecule has 0 unspecified atom stereocenters.